The Morgan fingerprint density at radius 3 is 2.88 bits per heavy atom. The van der Waals surface area contributed by atoms with Crippen LogP contribution in [0.25, 0.3) is 0 Å². The van der Waals surface area contributed by atoms with Gasteiger partial charge in [0.05, 0.1) is 18.7 Å². The van der Waals surface area contributed by atoms with Gasteiger partial charge in [-0.05, 0) is 6.07 Å². The third kappa shape index (κ3) is 3.72. The number of methoxy groups -OCH3 is 1. The van der Waals surface area contributed by atoms with Gasteiger partial charge in [0.15, 0.2) is 0 Å². The number of hydrogen-bond donors (Lipinski definition) is 1. The average Bonchev–Trinajstić information content (AvgIpc) is 3.23. The summed E-state index contributed by atoms with van der Waals surface area (Å²) in [5.41, 5.74) is 0.241. The molecule has 1 aliphatic rings. The SMILES string of the molecule is COC(=O)c1csc(S(=O)(=O)N2CCNCC2c2nccn2C)c1.Cl. The van der Waals surface area contributed by atoms with Crippen LogP contribution in [0.2, 0.25) is 0 Å². The summed E-state index contributed by atoms with van der Waals surface area (Å²) < 4.78 is 34.1. The normalized spacial score (nSPS) is 18.6. The van der Waals surface area contributed by atoms with Crippen molar-refractivity contribution in [2.45, 2.75) is 10.3 Å². The van der Waals surface area contributed by atoms with E-state index in [2.05, 4.69) is 15.0 Å². The van der Waals surface area contributed by atoms with E-state index in [1.807, 2.05) is 11.6 Å². The standard InChI is InChI=1S/C14H18N4O4S2.ClH/c1-17-5-4-16-13(17)11-8-15-3-6-18(11)24(20,21)12-7-10(9-23-12)14(19)22-2;/h4-5,7,9,11,15H,3,6,8H2,1-2H3;1H. The quantitative estimate of drug-likeness (QED) is 0.762. The van der Waals surface area contributed by atoms with Gasteiger partial charge in [-0.25, -0.2) is 18.2 Å². The minimum Gasteiger partial charge on any atom is -0.465 e. The Bertz CT molecular complexity index is 849. The molecule has 1 N–H and O–H groups in total. The van der Waals surface area contributed by atoms with Crippen LogP contribution in [0.15, 0.2) is 28.0 Å². The number of halogens is 1. The fourth-order valence-electron chi connectivity index (χ4n) is 2.68. The van der Waals surface area contributed by atoms with Crippen molar-refractivity contribution in [2.24, 2.45) is 7.05 Å². The number of nitrogens with one attached hydrogen (secondary N) is 1. The Morgan fingerprint density at radius 1 is 1.48 bits per heavy atom. The molecule has 2 aromatic heterocycles. The number of thiophene rings is 1. The second kappa shape index (κ2) is 7.83. The number of nitrogens with zero attached hydrogens (tertiary/aromatic N) is 3. The van der Waals surface area contributed by atoms with Crippen molar-refractivity contribution in [3.63, 3.8) is 0 Å². The molecule has 1 atom stereocenters. The van der Waals surface area contributed by atoms with E-state index >= 15 is 0 Å². The zero-order valence-electron chi connectivity index (χ0n) is 13.7. The lowest BCUT2D eigenvalue weighted by Gasteiger charge is -2.34. The number of imidazole rings is 1. The van der Waals surface area contributed by atoms with Gasteiger partial charge in [0.25, 0.3) is 10.0 Å². The predicted octanol–water partition coefficient (Wildman–Crippen LogP) is 1.03. The molecule has 25 heavy (non-hydrogen) atoms. The number of carbonyl (C=O) groups is 1. The highest BCUT2D eigenvalue weighted by molar-refractivity contribution is 7.91. The van der Waals surface area contributed by atoms with Crippen LogP contribution in [0.4, 0.5) is 0 Å². The van der Waals surface area contributed by atoms with Crippen LogP contribution in [0.3, 0.4) is 0 Å². The van der Waals surface area contributed by atoms with Gasteiger partial charge in [0, 0.05) is 44.5 Å². The maximum absolute atomic E-state index is 13.0. The largest absolute Gasteiger partial charge is 0.465 e. The van der Waals surface area contributed by atoms with Crippen molar-refractivity contribution in [3.05, 3.63) is 35.2 Å². The van der Waals surface area contributed by atoms with Crippen LogP contribution in [0.5, 0.6) is 0 Å². The van der Waals surface area contributed by atoms with Crippen LogP contribution in [0.1, 0.15) is 22.2 Å². The van der Waals surface area contributed by atoms with E-state index < -0.39 is 22.0 Å². The molecule has 2 aromatic rings. The molecular formula is C14H19ClN4O4S2. The summed E-state index contributed by atoms with van der Waals surface area (Å²) in [7, 11) is -0.623. The van der Waals surface area contributed by atoms with Crippen molar-refractivity contribution in [1.82, 2.24) is 19.2 Å². The molecule has 1 fully saturated rings. The fourth-order valence-corrected chi connectivity index (χ4v) is 5.55. The van der Waals surface area contributed by atoms with Gasteiger partial charge < -0.3 is 14.6 Å². The molecule has 0 aromatic carbocycles. The van der Waals surface area contributed by atoms with Crippen LogP contribution >= 0.6 is 23.7 Å². The molecule has 1 aliphatic heterocycles. The molecule has 8 nitrogen and oxygen atoms in total. The molecular weight excluding hydrogens is 388 g/mol. The third-order valence-corrected chi connectivity index (χ3v) is 7.23. The Hall–Kier alpha value is -1.46. The lowest BCUT2D eigenvalue weighted by Crippen LogP contribution is -2.49. The van der Waals surface area contributed by atoms with Crippen LogP contribution in [0, 0.1) is 0 Å². The van der Waals surface area contributed by atoms with Gasteiger partial charge in [-0.2, -0.15) is 4.31 Å². The second-order valence-electron chi connectivity index (χ2n) is 5.38. The molecule has 0 spiro atoms. The predicted molar refractivity (Wildman–Crippen MR) is 95.6 cm³/mol. The van der Waals surface area contributed by atoms with Crippen molar-refractivity contribution in [1.29, 1.82) is 0 Å². The molecule has 1 unspecified atom stereocenters. The van der Waals surface area contributed by atoms with Gasteiger partial charge >= 0.3 is 5.97 Å². The van der Waals surface area contributed by atoms with Gasteiger partial charge in [0.1, 0.15) is 10.0 Å². The van der Waals surface area contributed by atoms with Gasteiger partial charge in [0.2, 0.25) is 0 Å². The molecule has 138 valence electrons. The Labute approximate surface area is 156 Å². The van der Waals surface area contributed by atoms with Crippen molar-refractivity contribution in [3.8, 4) is 0 Å². The molecule has 3 heterocycles. The van der Waals surface area contributed by atoms with E-state index in [-0.39, 0.29) is 22.2 Å². The molecule has 0 radical (unpaired) electrons. The minimum atomic E-state index is -3.72. The lowest BCUT2D eigenvalue weighted by molar-refractivity contribution is 0.0601. The summed E-state index contributed by atoms with van der Waals surface area (Å²) in [6, 6.07) is 0.969. The van der Waals surface area contributed by atoms with Crippen molar-refractivity contribution >= 4 is 39.7 Å². The molecule has 0 saturated carbocycles. The third-order valence-electron chi connectivity index (χ3n) is 3.91. The van der Waals surface area contributed by atoms with Gasteiger partial charge in [-0.1, -0.05) is 0 Å². The van der Waals surface area contributed by atoms with Gasteiger partial charge in [-0.15, -0.1) is 23.7 Å². The first-order valence-corrected chi connectivity index (χ1v) is 9.63. The first kappa shape index (κ1) is 19.9. The number of aromatic nitrogens is 2. The highest BCUT2D eigenvalue weighted by Crippen LogP contribution is 2.31. The zero-order chi connectivity index (χ0) is 17.3. The number of aryl methyl sites for hydroxylation is 1. The number of rotatable bonds is 4. The van der Waals surface area contributed by atoms with E-state index in [9.17, 15) is 13.2 Å². The van der Waals surface area contributed by atoms with Crippen molar-refractivity contribution < 1.29 is 17.9 Å². The highest BCUT2D eigenvalue weighted by atomic mass is 35.5. The number of hydrogen-bond acceptors (Lipinski definition) is 7. The summed E-state index contributed by atoms with van der Waals surface area (Å²) in [5.74, 6) is 0.129. The molecule has 3 rings (SSSR count). The van der Waals surface area contributed by atoms with E-state index in [0.717, 1.165) is 11.3 Å². The van der Waals surface area contributed by atoms with E-state index in [1.165, 1.54) is 22.9 Å². The van der Waals surface area contributed by atoms with Crippen molar-refractivity contribution in [2.75, 3.05) is 26.7 Å². The monoisotopic (exact) mass is 406 g/mol. The smallest absolute Gasteiger partial charge is 0.338 e. The van der Waals surface area contributed by atoms with E-state index in [1.54, 1.807) is 12.4 Å². The number of piperazine rings is 1. The van der Waals surface area contributed by atoms with Crippen LogP contribution in [-0.4, -0.2) is 55.0 Å². The number of ether oxygens (including phenoxy) is 1. The van der Waals surface area contributed by atoms with E-state index in [4.69, 9.17) is 0 Å². The molecule has 11 heteroatoms. The number of carbonyl (C=O) groups excluding carboxylic acids is 1. The van der Waals surface area contributed by atoms with Crippen LogP contribution in [-0.2, 0) is 21.8 Å². The molecule has 0 amide bonds. The molecule has 0 bridgehead atoms. The average molecular weight is 407 g/mol. The maximum Gasteiger partial charge on any atom is 0.338 e. The first-order valence-electron chi connectivity index (χ1n) is 7.31. The lowest BCUT2D eigenvalue weighted by atomic mass is 10.2. The fraction of sp³-hybridized carbons (Fsp3) is 0.429. The van der Waals surface area contributed by atoms with Gasteiger partial charge in [-0.3, -0.25) is 0 Å². The molecule has 0 aliphatic carbocycles. The summed E-state index contributed by atoms with van der Waals surface area (Å²) >= 11 is 1.02. The maximum atomic E-state index is 13.0. The summed E-state index contributed by atoms with van der Waals surface area (Å²) in [5, 5.41) is 4.70. The Morgan fingerprint density at radius 2 is 2.24 bits per heavy atom. The topological polar surface area (TPSA) is 93.5 Å². The number of sulfonamides is 1. The van der Waals surface area contributed by atoms with Crippen LogP contribution < -0.4 is 5.32 Å². The zero-order valence-corrected chi connectivity index (χ0v) is 16.2. The first-order chi connectivity index (χ1) is 11.4. The molecule has 1 saturated heterocycles. The Balaban J connectivity index is 0.00000225. The highest BCUT2D eigenvalue weighted by Gasteiger charge is 2.37. The summed E-state index contributed by atoms with van der Waals surface area (Å²) in [4.78, 5) is 15.9. The Kier molecular flexibility index (Phi) is 6.22. The minimum absolute atomic E-state index is 0. The summed E-state index contributed by atoms with van der Waals surface area (Å²) in [6.45, 7) is 1.39. The second-order valence-corrected chi connectivity index (χ2v) is 8.41. The number of esters is 1. The van der Waals surface area contributed by atoms with E-state index in [0.29, 0.717) is 25.5 Å². The summed E-state index contributed by atoms with van der Waals surface area (Å²) in [6.07, 6.45) is 3.43.